The fraction of sp³-hybridized carbons (Fsp3) is 0.190. The second-order valence-electron chi connectivity index (χ2n) is 6.86. The number of rotatable bonds is 5. The van der Waals surface area contributed by atoms with E-state index >= 15 is 0 Å². The van der Waals surface area contributed by atoms with Crippen LogP contribution in [0.4, 0.5) is 13.2 Å². The van der Waals surface area contributed by atoms with Gasteiger partial charge >= 0.3 is 12.1 Å². The van der Waals surface area contributed by atoms with Gasteiger partial charge < -0.3 is 10.8 Å². The molecule has 0 radical (unpaired) electrons. The Morgan fingerprint density at radius 1 is 0.970 bits per heavy atom. The normalized spacial score (nSPS) is 11.1. The van der Waals surface area contributed by atoms with Gasteiger partial charge in [0.15, 0.2) is 5.82 Å². The molecule has 33 heavy (non-hydrogen) atoms. The highest BCUT2D eigenvalue weighted by Gasteiger charge is 2.38. The van der Waals surface area contributed by atoms with E-state index in [0.29, 0.717) is 18.9 Å². The molecule has 4 rings (SSSR count). The lowest BCUT2D eigenvalue weighted by atomic mass is 10.1. The third-order valence-electron chi connectivity index (χ3n) is 4.38. The second kappa shape index (κ2) is 10.0. The molecule has 0 atom stereocenters. The molecule has 3 heterocycles. The van der Waals surface area contributed by atoms with Gasteiger partial charge in [-0.1, -0.05) is 18.2 Å². The van der Waals surface area contributed by atoms with Gasteiger partial charge in [0.2, 0.25) is 0 Å². The average Bonchev–Trinajstić information content (AvgIpc) is 3.43. The summed E-state index contributed by atoms with van der Waals surface area (Å²) in [6.45, 7) is 1.25. The first-order valence-corrected chi connectivity index (χ1v) is 9.62. The quantitative estimate of drug-likeness (QED) is 0.470. The largest absolute Gasteiger partial charge is 0.490 e. The van der Waals surface area contributed by atoms with Crippen molar-refractivity contribution < 1.29 is 23.1 Å². The highest BCUT2D eigenvalue weighted by atomic mass is 19.4. The molecule has 0 aliphatic rings. The minimum Gasteiger partial charge on any atom is -0.475 e. The number of hydrogen-bond donors (Lipinski definition) is 2. The number of benzene rings is 1. The van der Waals surface area contributed by atoms with Crippen molar-refractivity contribution in [2.75, 3.05) is 6.54 Å². The Morgan fingerprint density at radius 2 is 1.58 bits per heavy atom. The molecule has 0 aliphatic heterocycles. The summed E-state index contributed by atoms with van der Waals surface area (Å²) >= 11 is 0. The summed E-state index contributed by atoms with van der Waals surface area (Å²) in [6.07, 6.45) is 6.15. The number of carbonyl (C=O) groups is 1. The van der Waals surface area contributed by atoms with Gasteiger partial charge in [0.25, 0.3) is 0 Å². The number of hydrogen-bond acceptors (Lipinski definition) is 6. The lowest BCUT2D eigenvalue weighted by Crippen LogP contribution is -2.21. The number of alkyl halides is 3. The smallest absolute Gasteiger partial charge is 0.475 e. The van der Waals surface area contributed by atoms with Crippen molar-refractivity contribution in [1.82, 2.24) is 29.5 Å². The fourth-order valence-electron chi connectivity index (χ4n) is 2.80. The number of carboxylic acids is 1. The van der Waals surface area contributed by atoms with Crippen LogP contribution in [-0.2, 0) is 18.4 Å². The zero-order valence-corrected chi connectivity index (χ0v) is 17.4. The van der Waals surface area contributed by atoms with Crippen LogP contribution in [0.25, 0.3) is 33.6 Å². The average molecular weight is 459 g/mol. The molecular weight excluding hydrogens is 439 g/mol. The summed E-state index contributed by atoms with van der Waals surface area (Å²) in [5.74, 6) is -2.07. The van der Waals surface area contributed by atoms with Crippen LogP contribution in [0.1, 0.15) is 0 Å². The summed E-state index contributed by atoms with van der Waals surface area (Å²) in [5, 5.41) is 15.6. The van der Waals surface area contributed by atoms with Crippen molar-refractivity contribution >= 4 is 5.97 Å². The fourth-order valence-corrected chi connectivity index (χ4v) is 2.80. The van der Waals surface area contributed by atoms with Crippen molar-refractivity contribution in [1.29, 1.82) is 0 Å². The monoisotopic (exact) mass is 459 g/mol. The van der Waals surface area contributed by atoms with Crippen molar-refractivity contribution in [3.8, 4) is 33.6 Å². The minimum atomic E-state index is -5.08. The van der Waals surface area contributed by atoms with Crippen LogP contribution < -0.4 is 5.73 Å². The van der Waals surface area contributed by atoms with Crippen LogP contribution in [0.2, 0.25) is 0 Å². The Bertz CT molecular complexity index is 1220. The van der Waals surface area contributed by atoms with Gasteiger partial charge in [-0.2, -0.15) is 23.4 Å². The van der Waals surface area contributed by atoms with Crippen molar-refractivity contribution in [2.45, 2.75) is 12.7 Å². The number of carboxylic acid groups (broad SMARTS) is 1. The first-order valence-electron chi connectivity index (χ1n) is 9.62. The Kier molecular flexibility index (Phi) is 7.18. The number of aliphatic carboxylic acids is 1. The summed E-state index contributed by atoms with van der Waals surface area (Å²) in [4.78, 5) is 17.9. The van der Waals surface area contributed by atoms with Crippen LogP contribution in [0.15, 0.2) is 61.4 Å². The standard InChI is InChI=1S/C19H19N7.C2HF3O2/c1-25-12-17(10-23-25)14-3-2-4-15(7-14)19-21-8-16(9-22-19)18-11-24-26(13-18)6-5-20;3-2(4,5)1(6)7/h2-4,7-13H,5-6,20H2,1H3;(H,6,7). The van der Waals surface area contributed by atoms with Gasteiger partial charge in [-0.25, -0.2) is 14.8 Å². The maximum absolute atomic E-state index is 10.6. The number of halogens is 3. The molecule has 4 aromatic rings. The molecule has 9 nitrogen and oxygen atoms in total. The molecule has 3 aromatic heterocycles. The summed E-state index contributed by atoms with van der Waals surface area (Å²) < 4.78 is 35.3. The maximum Gasteiger partial charge on any atom is 0.490 e. The van der Waals surface area contributed by atoms with Gasteiger partial charge in [-0.15, -0.1) is 0 Å². The lowest BCUT2D eigenvalue weighted by Gasteiger charge is -2.04. The van der Waals surface area contributed by atoms with Crippen molar-refractivity contribution in [2.24, 2.45) is 12.8 Å². The number of nitrogens with two attached hydrogens (primary N) is 1. The van der Waals surface area contributed by atoms with Gasteiger partial charge in [0.1, 0.15) is 0 Å². The second-order valence-corrected chi connectivity index (χ2v) is 6.86. The van der Waals surface area contributed by atoms with E-state index < -0.39 is 12.1 Å². The van der Waals surface area contributed by atoms with E-state index in [9.17, 15) is 13.2 Å². The SMILES string of the molecule is Cn1cc(-c2cccc(-c3ncc(-c4cnn(CCN)c4)cn3)c2)cn1.O=C(O)C(F)(F)F. The maximum atomic E-state index is 10.6. The number of nitrogens with zero attached hydrogens (tertiary/aromatic N) is 6. The molecule has 0 spiro atoms. The minimum absolute atomic E-state index is 0.559. The number of aryl methyl sites for hydroxylation is 1. The van der Waals surface area contributed by atoms with Crippen LogP contribution in [-0.4, -0.2) is 53.3 Å². The molecule has 1 aromatic carbocycles. The van der Waals surface area contributed by atoms with Gasteiger partial charge in [-0.3, -0.25) is 9.36 Å². The zero-order valence-electron chi connectivity index (χ0n) is 17.4. The van der Waals surface area contributed by atoms with Crippen molar-refractivity contribution in [3.05, 3.63) is 61.4 Å². The van der Waals surface area contributed by atoms with Crippen LogP contribution >= 0.6 is 0 Å². The molecule has 0 bridgehead atoms. The van der Waals surface area contributed by atoms with E-state index in [4.69, 9.17) is 15.6 Å². The zero-order chi connectivity index (χ0) is 24.0. The van der Waals surface area contributed by atoms with E-state index in [1.54, 1.807) is 10.9 Å². The van der Waals surface area contributed by atoms with E-state index in [1.807, 2.05) is 54.8 Å². The predicted octanol–water partition coefficient (Wildman–Crippen LogP) is 3.00. The number of aromatic nitrogens is 6. The highest BCUT2D eigenvalue weighted by molar-refractivity contribution is 5.73. The molecule has 0 saturated carbocycles. The highest BCUT2D eigenvalue weighted by Crippen LogP contribution is 2.25. The summed E-state index contributed by atoms with van der Waals surface area (Å²) in [5.41, 5.74) is 10.6. The molecule has 0 unspecified atom stereocenters. The van der Waals surface area contributed by atoms with Crippen LogP contribution in [0.3, 0.4) is 0 Å². The molecule has 0 aliphatic carbocycles. The lowest BCUT2D eigenvalue weighted by molar-refractivity contribution is -0.192. The third kappa shape index (κ3) is 6.23. The summed E-state index contributed by atoms with van der Waals surface area (Å²) in [6, 6.07) is 8.14. The Labute approximate surface area is 186 Å². The van der Waals surface area contributed by atoms with E-state index in [-0.39, 0.29) is 0 Å². The molecule has 172 valence electrons. The van der Waals surface area contributed by atoms with Crippen LogP contribution in [0, 0.1) is 0 Å². The molecular formula is C21H20F3N7O2. The van der Waals surface area contributed by atoms with E-state index in [2.05, 4.69) is 32.3 Å². The molecule has 12 heteroatoms. The molecule has 3 N–H and O–H groups in total. The van der Waals surface area contributed by atoms with E-state index in [1.165, 1.54) is 0 Å². The van der Waals surface area contributed by atoms with Crippen molar-refractivity contribution in [3.63, 3.8) is 0 Å². The Morgan fingerprint density at radius 3 is 2.15 bits per heavy atom. The Balaban J connectivity index is 0.000000383. The topological polar surface area (TPSA) is 125 Å². The third-order valence-corrected chi connectivity index (χ3v) is 4.38. The summed E-state index contributed by atoms with van der Waals surface area (Å²) in [7, 11) is 1.91. The van der Waals surface area contributed by atoms with Gasteiger partial charge in [0, 0.05) is 60.6 Å². The van der Waals surface area contributed by atoms with Gasteiger partial charge in [-0.05, 0) is 11.6 Å². The van der Waals surface area contributed by atoms with E-state index in [0.717, 1.165) is 27.8 Å². The Hall–Kier alpha value is -4.06. The van der Waals surface area contributed by atoms with Gasteiger partial charge in [0.05, 0.1) is 18.9 Å². The molecule has 0 fully saturated rings. The molecule has 0 amide bonds. The molecule has 0 saturated heterocycles. The van der Waals surface area contributed by atoms with Crippen LogP contribution in [0.5, 0.6) is 0 Å². The predicted molar refractivity (Wildman–Crippen MR) is 114 cm³/mol. The first kappa shape index (κ1) is 23.6. The first-order chi connectivity index (χ1) is 15.7.